The molecule has 3 aromatic rings. The minimum absolute atomic E-state index is 0.0142. The Kier molecular flexibility index (Phi) is 4.84. The Morgan fingerprint density at radius 1 is 1.36 bits per heavy atom. The number of furan rings is 1. The fourth-order valence-electron chi connectivity index (χ4n) is 2.59. The molecule has 1 N–H and O–H groups in total. The number of carbonyl (C=O) groups is 1. The van der Waals surface area contributed by atoms with Crippen LogP contribution in [0.3, 0.4) is 0 Å². The average Bonchev–Trinajstić information content (AvgIpc) is 3.09. The molecule has 1 atom stereocenters. The number of hydrogen-bond acceptors (Lipinski definition) is 4. The van der Waals surface area contributed by atoms with Crippen molar-refractivity contribution >= 4 is 22.7 Å². The second-order valence-electron chi connectivity index (χ2n) is 5.88. The molecule has 0 saturated heterocycles. The molecule has 0 aliphatic carbocycles. The molecule has 1 unspecified atom stereocenters. The van der Waals surface area contributed by atoms with Crippen LogP contribution in [0.1, 0.15) is 29.1 Å². The second-order valence-corrected chi connectivity index (χ2v) is 5.88. The zero-order valence-electron chi connectivity index (χ0n) is 14.4. The zero-order valence-corrected chi connectivity index (χ0v) is 14.4. The Bertz CT molecular complexity index is 850. The molecule has 128 valence electrons. The number of anilines is 1. The van der Waals surface area contributed by atoms with E-state index in [1.165, 1.54) is 0 Å². The van der Waals surface area contributed by atoms with E-state index >= 15 is 0 Å². The van der Waals surface area contributed by atoms with Gasteiger partial charge in [0.25, 0.3) is 5.91 Å². The van der Waals surface area contributed by atoms with Gasteiger partial charge in [-0.3, -0.25) is 4.79 Å². The Balaban J connectivity index is 1.76. The van der Waals surface area contributed by atoms with Crippen LogP contribution in [-0.2, 0) is 0 Å². The van der Waals surface area contributed by atoms with Gasteiger partial charge in [-0.1, -0.05) is 24.3 Å². The van der Waals surface area contributed by atoms with Gasteiger partial charge in [-0.2, -0.15) is 0 Å². The Morgan fingerprint density at radius 3 is 2.84 bits per heavy atom. The molecule has 1 amide bonds. The van der Waals surface area contributed by atoms with Gasteiger partial charge < -0.3 is 14.6 Å². The van der Waals surface area contributed by atoms with Crippen molar-refractivity contribution in [2.75, 3.05) is 18.5 Å². The molecule has 2 heterocycles. The molecule has 1 aromatic carbocycles. The molecule has 25 heavy (non-hydrogen) atoms. The number of carbonyl (C=O) groups excluding carboxylic acids is 1. The molecular formula is C20H21N3O2. The van der Waals surface area contributed by atoms with Crippen molar-refractivity contribution in [3.05, 3.63) is 72.6 Å². The third kappa shape index (κ3) is 3.55. The summed E-state index contributed by atoms with van der Waals surface area (Å²) in [6.45, 7) is 6.08. The highest BCUT2D eigenvalue weighted by molar-refractivity contribution is 5.94. The summed E-state index contributed by atoms with van der Waals surface area (Å²) in [6, 6.07) is 13.6. The molecule has 0 saturated carbocycles. The van der Waals surface area contributed by atoms with Crippen LogP contribution in [0.5, 0.6) is 0 Å². The lowest BCUT2D eigenvalue weighted by atomic mass is 10.2. The van der Waals surface area contributed by atoms with Crippen LogP contribution in [0.25, 0.3) is 11.0 Å². The first kappa shape index (κ1) is 16.8. The Morgan fingerprint density at radius 2 is 2.16 bits per heavy atom. The fraction of sp³-hybridized carbons (Fsp3) is 0.200. The van der Waals surface area contributed by atoms with Gasteiger partial charge in [-0.15, -0.1) is 6.58 Å². The van der Waals surface area contributed by atoms with E-state index in [0.717, 1.165) is 22.5 Å². The molecule has 0 spiro atoms. The van der Waals surface area contributed by atoms with Crippen molar-refractivity contribution in [3.8, 4) is 0 Å². The number of pyridine rings is 1. The van der Waals surface area contributed by atoms with E-state index in [-0.39, 0.29) is 11.9 Å². The zero-order chi connectivity index (χ0) is 17.8. The van der Waals surface area contributed by atoms with Gasteiger partial charge in [0, 0.05) is 25.2 Å². The van der Waals surface area contributed by atoms with Gasteiger partial charge in [0.1, 0.15) is 17.2 Å². The highest BCUT2D eigenvalue weighted by Gasteiger charge is 2.18. The summed E-state index contributed by atoms with van der Waals surface area (Å²) < 4.78 is 5.94. The van der Waals surface area contributed by atoms with Crippen LogP contribution < -0.4 is 10.2 Å². The van der Waals surface area contributed by atoms with Crippen LogP contribution in [0.15, 0.2) is 65.7 Å². The third-order valence-corrected chi connectivity index (χ3v) is 4.22. The molecular weight excluding hydrogens is 314 g/mol. The SMILES string of the molecule is C=CCNC(=O)c1ccc(N(C)C(C)c2cc3ccccc3o2)nc1. The van der Waals surface area contributed by atoms with Crippen LogP contribution >= 0.6 is 0 Å². The molecule has 0 radical (unpaired) electrons. The van der Waals surface area contributed by atoms with E-state index in [1.54, 1.807) is 18.3 Å². The molecule has 0 fully saturated rings. The highest BCUT2D eigenvalue weighted by Crippen LogP contribution is 2.28. The number of amides is 1. The van der Waals surface area contributed by atoms with E-state index in [0.29, 0.717) is 12.1 Å². The second kappa shape index (κ2) is 7.21. The number of aromatic nitrogens is 1. The highest BCUT2D eigenvalue weighted by atomic mass is 16.3. The van der Waals surface area contributed by atoms with Crippen molar-refractivity contribution < 1.29 is 9.21 Å². The number of rotatable bonds is 6. The largest absolute Gasteiger partial charge is 0.459 e. The van der Waals surface area contributed by atoms with Crippen molar-refractivity contribution in [1.82, 2.24) is 10.3 Å². The minimum Gasteiger partial charge on any atom is -0.459 e. The summed E-state index contributed by atoms with van der Waals surface area (Å²) in [5, 5.41) is 3.82. The van der Waals surface area contributed by atoms with Gasteiger partial charge >= 0.3 is 0 Å². The summed E-state index contributed by atoms with van der Waals surface area (Å²) in [7, 11) is 1.96. The molecule has 0 bridgehead atoms. The maximum atomic E-state index is 11.9. The molecule has 5 nitrogen and oxygen atoms in total. The first-order valence-corrected chi connectivity index (χ1v) is 8.16. The summed E-state index contributed by atoms with van der Waals surface area (Å²) >= 11 is 0. The Hall–Kier alpha value is -3.08. The average molecular weight is 335 g/mol. The van der Waals surface area contributed by atoms with Crippen molar-refractivity contribution in [2.45, 2.75) is 13.0 Å². The molecule has 0 aliphatic rings. The van der Waals surface area contributed by atoms with E-state index in [4.69, 9.17) is 4.42 Å². The Labute approximate surface area is 147 Å². The van der Waals surface area contributed by atoms with Crippen molar-refractivity contribution in [1.29, 1.82) is 0 Å². The number of hydrogen-bond donors (Lipinski definition) is 1. The summed E-state index contributed by atoms with van der Waals surface area (Å²) in [5.74, 6) is 1.48. The molecule has 2 aromatic heterocycles. The van der Waals surface area contributed by atoms with Gasteiger partial charge in [-0.25, -0.2) is 4.98 Å². The van der Waals surface area contributed by atoms with Crippen molar-refractivity contribution in [3.63, 3.8) is 0 Å². The fourth-order valence-corrected chi connectivity index (χ4v) is 2.59. The van der Waals surface area contributed by atoms with E-state index in [9.17, 15) is 4.79 Å². The molecule has 5 heteroatoms. The number of nitrogens with zero attached hydrogens (tertiary/aromatic N) is 2. The topological polar surface area (TPSA) is 58.4 Å². The van der Waals surface area contributed by atoms with E-state index in [1.807, 2.05) is 48.3 Å². The first-order chi connectivity index (χ1) is 12.1. The van der Waals surface area contributed by atoms with Crippen LogP contribution in [-0.4, -0.2) is 24.5 Å². The number of para-hydroxylation sites is 1. The quantitative estimate of drug-likeness (QED) is 0.693. The standard InChI is InChI=1S/C20H21N3O2/c1-4-11-21-20(24)16-9-10-19(22-13-16)23(3)14(2)18-12-15-7-5-6-8-17(15)25-18/h4-10,12-14H,1,11H2,2-3H3,(H,21,24). The maximum Gasteiger partial charge on any atom is 0.253 e. The first-order valence-electron chi connectivity index (χ1n) is 8.16. The van der Waals surface area contributed by atoms with Gasteiger partial charge in [-0.05, 0) is 31.2 Å². The van der Waals surface area contributed by atoms with Gasteiger partial charge in [0.05, 0.1) is 11.6 Å². The predicted octanol–water partition coefficient (Wildman–Crippen LogP) is 3.94. The van der Waals surface area contributed by atoms with Crippen LogP contribution in [0, 0.1) is 0 Å². The van der Waals surface area contributed by atoms with E-state index < -0.39 is 0 Å². The summed E-state index contributed by atoms with van der Waals surface area (Å²) in [6.07, 6.45) is 3.22. The van der Waals surface area contributed by atoms with Gasteiger partial charge in [0.2, 0.25) is 0 Å². The van der Waals surface area contributed by atoms with Crippen molar-refractivity contribution in [2.24, 2.45) is 0 Å². The monoisotopic (exact) mass is 335 g/mol. The number of benzene rings is 1. The summed E-state index contributed by atoms with van der Waals surface area (Å²) in [4.78, 5) is 18.3. The summed E-state index contributed by atoms with van der Waals surface area (Å²) in [5.41, 5.74) is 1.40. The lowest BCUT2D eigenvalue weighted by Gasteiger charge is -2.24. The molecule has 0 aliphatic heterocycles. The smallest absolute Gasteiger partial charge is 0.253 e. The lowest BCUT2D eigenvalue weighted by Crippen LogP contribution is -2.24. The number of nitrogens with one attached hydrogen (secondary N) is 1. The number of fused-ring (bicyclic) bond motifs is 1. The van der Waals surface area contributed by atoms with Crippen LogP contribution in [0.2, 0.25) is 0 Å². The normalized spacial score (nSPS) is 11.9. The predicted molar refractivity (Wildman–Crippen MR) is 99.8 cm³/mol. The maximum absolute atomic E-state index is 11.9. The van der Waals surface area contributed by atoms with Crippen LogP contribution in [0.4, 0.5) is 5.82 Å². The third-order valence-electron chi connectivity index (χ3n) is 4.22. The van der Waals surface area contributed by atoms with Gasteiger partial charge in [0.15, 0.2) is 0 Å². The minimum atomic E-state index is -0.160. The molecule has 3 rings (SSSR count). The van der Waals surface area contributed by atoms with E-state index in [2.05, 4.69) is 23.8 Å². The lowest BCUT2D eigenvalue weighted by molar-refractivity contribution is 0.0957.